The summed E-state index contributed by atoms with van der Waals surface area (Å²) in [4.78, 5) is 18.8. The molecule has 5 rings (SSSR count). The van der Waals surface area contributed by atoms with Gasteiger partial charge in [-0.25, -0.2) is 9.31 Å². The topological polar surface area (TPSA) is 101 Å². The van der Waals surface area contributed by atoms with E-state index in [0.717, 1.165) is 39.0 Å². The Morgan fingerprint density at radius 3 is 2.53 bits per heavy atom. The fourth-order valence-corrected chi connectivity index (χ4v) is 4.29. The second-order valence-electron chi connectivity index (χ2n) is 9.85. The van der Waals surface area contributed by atoms with Crippen molar-refractivity contribution in [2.45, 2.75) is 32.8 Å². The first-order valence-electron chi connectivity index (χ1n) is 11.8. The minimum atomic E-state index is -0.515. The van der Waals surface area contributed by atoms with E-state index in [4.69, 9.17) is 9.72 Å². The van der Waals surface area contributed by atoms with Crippen LogP contribution in [0, 0.1) is 11.3 Å². The zero-order valence-electron chi connectivity index (χ0n) is 20.8. The lowest BCUT2D eigenvalue weighted by molar-refractivity contribution is 0.0270. The predicted octanol–water partition coefficient (Wildman–Crippen LogP) is 4.69. The van der Waals surface area contributed by atoms with Crippen molar-refractivity contribution in [2.75, 3.05) is 13.1 Å². The molecule has 5 heterocycles. The molecule has 0 N–H and O–H groups in total. The van der Waals surface area contributed by atoms with Gasteiger partial charge in [0, 0.05) is 61.0 Å². The first kappa shape index (κ1) is 23.3. The Morgan fingerprint density at radius 1 is 1.08 bits per heavy atom. The summed E-state index contributed by atoms with van der Waals surface area (Å²) in [6.45, 7) is 6.67. The molecule has 0 saturated carbocycles. The van der Waals surface area contributed by atoms with Gasteiger partial charge in [0.1, 0.15) is 11.7 Å². The second-order valence-corrected chi connectivity index (χ2v) is 9.85. The minimum Gasteiger partial charge on any atom is -0.444 e. The molecule has 0 aliphatic carbocycles. The normalized spacial score (nSPS) is 14.0. The third kappa shape index (κ3) is 4.58. The van der Waals surface area contributed by atoms with E-state index in [9.17, 15) is 10.1 Å². The van der Waals surface area contributed by atoms with Crippen molar-refractivity contribution in [1.29, 1.82) is 5.26 Å². The summed E-state index contributed by atoms with van der Waals surface area (Å²) in [5.74, 6) is 0. The molecule has 4 aromatic heterocycles. The number of aromatic nitrogens is 5. The van der Waals surface area contributed by atoms with Gasteiger partial charge in [0.2, 0.25) is 0 Å². The fourth-order valence-electron chi connectivity index (χ4n) is 4.29. The van der Waals surface area contributed by atoms with Crippen LogP contribution in [0.5, 0.6) is 0 Å². The Labute approximate surface area is 209 Å². The first-order chi connectivity index (χ1) is 17.2. The maximum absolute atomic E-state index is 12.4. The maximum atomic E-state index is 12.4. The van der Waals surface area contributed by atoms with Gasteiger partial charge in [0.05, 0.1) is 29.2 Å². The smallest absolute Gasteiger partial charge is 0.410 e. The van der Waals surface area contributed by atoms with Crippen LogP contribution in [0.3, 0.4) is 0 Å². The first-order valence-corrected chi connectivity index (χ1v) is 11.8. The van der Waals surface area contributed by atoms with E-state index in [1.807, 2.05) is 70.7 Å². The number of amides is 1. The molecule has 0 saturated heterocycles. The van der Waals surface area contributed by atoms with Gasteiger partial charge in [-0.1, -0.05) is 12.1 Å². The molecule has 4 aromatic rings. The fraction of sp³-hybridized carbons (Fsp3) is 0.296. The molecule has 0 radical (unpaired) electrons. The van der Waals surface area contributed by atoms with Crippen LogP contribution < -0.4 is 0 Å². The molecule has 1 aliphatic heterocycles. The highest BCUT2D eigenvalue weighted by Gasteiger charge is 2.24. The highest BCUT2D eigenvalue weighted by Crippen LogP contribution is 2.32. The number of nitrogens with zero attached hydrogens (tertiary/aromatic N) is 7. The molecule has 0 unspecified atom stereocenters. The molecule has 0 fully saturated rings. The summed E-state index contributed by atoms with van der Waals surface area (Å²) in [6.07, 6.45) is 11.5. The number of hydrogen-bond donors (Lipinski definition) is 0. The lowest BCUT2D eigenvalue weighted by Crippen LogP contribution is -2.39. The van der Waals surface area contributed by atoms with Crippen LogP contribution in [-0.2, 0) is 11.8 Å². The molecule has 9 nitrogen and oxygen atoms in total. The largest absolute Gasteiger partial charge is 0.444 e. The zero-order valence-corrected chi connectivity index (χ0v) is 20.8. The molecular formula is C27H27N7O2. The van der Waals surface area contributed by atoms with Crippen molar-refractivity contribution in [3.63, 3.8) is 0 Å². The number of rotatable bonds is 3. The number of carbonyl (C=O) groups excluding carboxylic acids is 1. The van der Waals surface area contributed by atoms with Gasteiger partial charge in [-0.3, -0.25) is 9.67 Å². The Balaban J connectivity index is 1.44. The van der Waals surface area contributed by atoms with Gasteiger partial charge >= 0.3 is 6.09 Å². The van der Waals surface area contributed by atoms with Gasteiger partial charge < -0.3 is 9.64 Å². The summed E-state index contributed by atoms with van der Waals surface area (Å²) < 4.78 is 8.97. The van der Waals surface area contributed by atoms with E-state index in [2.05, 4.69) is 16.3 Å². The summed E-state index contributed by atoms with van der Waals surface area (Å²) >= 11 is 0. The Kier molecular flexibility index (Phi) is 5.80. The molecule has 0 aromatic carbocycles. The van der Waals surface area contributed by atoms with Crippen molar-refractivity contribution in [2.24, 2.45) is 7.05 Å². The van der Waals surface area contributed by atoms with Crippen molar-refractivity contribution < 1.29 is 9.53 Å². The third-order valence-corrected chi connectivity index (χ3v) is 6.03. The quantitative estimate of drug-likeness (QED) is 0.421. The van der Waals surface area contributed by atoms with E-state index < -0.39 is 5.60 Å². The van der Waals surface area contributed by atoms with E-state index in [1.165, 1.54) is 0 Å². The van der Waals surface area contributed by atoms with Gasteiger partial charge in [-0.15, -0.1) is 0 Å². The van der Waals surface area contributed by atoms with Crippen LogP contribution in [0.2, 0.25) is 0 Å². The predicted molar refractivity (Wildman–Crippen MR) is 136 cm³/mol. The lowest BCUT2D eigenvalue weighted by Gasteiger charge is -2.29. The highest BCUT2D eigenvalue weighted by molar-refractivity contribution is 5.87. The summed E-state index contributed by atoms with van der Waals surface area (Å²) in [5.41, 5.74) is 6.36. The van der Waals surface area contributed by atoms with Gasteiger partial charge in [-0.05, 0) is 44.9 Å². The Bertz CT molecular complexity index is 1510. The number of hydrogen-bond acceptors (Lipinski definition) is 6. The van der Waals surface area contributed by atoms with Gasteiger partial charge in [0.15, 0.2) is 0 Å². The van der Waals surface area contributed by atoms with Crippen LogP contribution in [0.15, 0.2) is 55.3 Å². The van der Waals surface area contributed by atoms with Gasteiger partial charge in [0.25, 0.3) is 0 Å². The van der Waals surface area contributed by atoms with Crippen LogP contribution in [0.4, 0.5) is 4.79 Å². The number of pyridine rings is 2. The van der Waals surface area contributed by atoms with Crippen LogP contribution in [0.1, 0.15) is 38.4 Å². The van der Waals surface area contributed by atoms with Gasteiger partial charge in [-0.2, -0.15) is 15.5 Å². The monoisotopic (exact) mass is 481 g/mol. The molecule has 9 heteroatoms. The molecule has 1 amide bonds. The van der Waals surface area contributed by atoms with Crippen molar-refractivity contribution >= 4 is 17.2 Å². The van der Waals surface area contributed by atoms with Crippen LogP contribution >= 0.6 is 0 Å². The van der Waals surface area contributed by atoms with E-state index >= 15 is 0 Å². The minimum absolute atomic E-state index is 0.298. The molecule has 0 atom stereocenters. The van der Waals surface area contributed by atoms with E-state index in [-0.39, 0.29) is 6.09 Å². The van der Waals surface area contributed by atoms with E-state index in [0.29, 0.717) is 25.1 Å². The molecule has 0 bridgehead atoms. The summed E-state index contributed by atoms with van der Waals surface area (Å²) in [6, 6.07) is 8.29. The standard InChI is InChI=1S/C27H27N7O2/c1-27(2,3)36-26(35)33-9-7-18(8-10-33)24-6-5-19(13-29-24)23-11-20(22-15-30-32(4)16-22)17-34-25(23)21(12-28)14-31-34/h5-7,11,13-17H,8-10H2,1-4H3. The molecule has 1 aliphatic rings. The molecule has 182 valence electrons. The van der Waals surface area contributed by atoms with Crippen LogP contribution in [0.25, 0.3) is 33.3 Å². The second kappa shape index (κ2) is 8.96. The number of fused-ring (bicyclic) bond motifs is 1. The lowest BCUT2D eigenvalue weighted by atomic mass is 9.99. The summed E-state index contributed by atoms with van der Waals surface area (Å²) in [7, 11) is 1.87. The molecule has 0 spiro atoms. The zero-order chi connectivity index (χ0) is 25.4. The highest BCUT2D eigenvalue weighted by atomic mass is 16.6. The van der Waals surface area contributed by atoms with Crippen molar-refractivity contribution in [1.82, 2.24) is 29.3 Å². The van der Waals surface area contributed by atoms with Crippen molar-refractivity contribution in [3.8, 4) is 28.3 Å². The Hall–Kier alpha value is -4.45. The Morgan fingerprint density at radius 2 is 1.92 bits per heavy atom. The average molecular weight is 482 g/mol. The number of nitriles is 1. The number of carbonyl (C=O) groups is 1. The third-order valence-electron chi connectivity index (χ3n) is 6.03. The van der Waals surface area contributed by atoms with E-state index in [1.54, 1.807) is 26.5 Å². The van der Waals surface area contributed by atoms with Crippen LogP contribution in [-0.4, -0.2) is 54.1 Å². The maximum Gasteiger partial charge on any atom is 0.410 e. The SMILES string of the molecule is Cn1cc(-c2cc(-c3ccc(C4=CCN(C(=O)OC(C)(C)C)CC4)nc3)c3c(C#N)cnn3c2)cn1. The number of aryl methyl sites for hydroxylation is 1. The number of ether oxygens (including phenoxy) is 1. The molecule has 36 heavy (non-hydrogen) atoms. The van der Waals surface area contributed by atoms with Crippen molar-refractivity contribution in [3.05, 3.63) is 66.5 Å². The molecular weight excluding hydrogens is 454 g/mol. The average Bonchev–Trinajstić information content (AvgIpc) is 3.48. The summed E-state index contributed by atoms with van der Waals surface area (Å²) in [5, 5.41) is 18.3.